The molecule has 1 saturated heterocycles. The van der Waals surface area contributed by atoms with Crippen molar-refractivity contribution in [3.63, 3.8) is 0 Å². The van der Waals surface area contributed by atoms with Gasteiger partial charge in [0.15, 0.2) is 0 Å². The highest BCUT2D eigenvalue weighted by Gasteiger charge is 2.31. The molecular formula is C26H24Cl2N6O2. The lowest BCUT2D eigenvalue weighted by molar-refractivity contribution is -0.115. The summed E-state index contributed by atoms with van der Waals surface area (Å²) in [4.78, 5) is 30.3. The van der Waals surface area contributed by atoms with Crippen molar-refractivity contribution in [1.82, 2.24) is 9.80 Å². The Bertz CT molecular complexity index is 1250. The van der Waals surface area contributed by atoms with E-state index >= 15 is 0 Å². The molecule has 8 nitrogen and oxygen atoms in total. The maximum absolute atomic E-state index is 13.0. The smallest absolute Gasteiger partial charge is 0.282 e. The summed E-state index contributed by atoms with van der Waals surface area (Å²) in [5.41, 5.74) is 3.72. The Morgan fingerprint density at radius 2 is 1.08 bits per heavy atom. The molecule has 0 bridgehead atoms. The van der Waals surface area contributed by atoms with Crippen molar-refractivity contribution in [2.24, 2.45) is 10.2 Å². The van der Waals surface area contributed by atoms with Crippen LogP contribution < -0.4 is 10.0 Å². The molecule has 10 heteroatoms. The van der Waals surface area contributed by atoms with Gasteiger partial charge in [0.25, 0.3) is 11.8 Å². The summed E-state index contributed by atoms with van der Waals surface area (Å²) in [7, 11) is 0. The third-order valence-corrected chi connectivity index (χ3v) is 6.67. The van der Waals surface area contributed by atoms with E-state index < -0.39 is 0 Å². The van der Waals surface area contributed by atoms with Crippen molar-refractivity contribution in [2.75, 3.05) is 36.2 Å². The second kappa shape index (κ2) is 9.79. The fourth-order valence-electron chi connectivity index (χ4n) is 4.26. The summed E-state index contributed by atoms with van der Waals surface area (Å²) >= 11 is 12.2. The van der Waals surface area contributed by atoms with Crippen LogP contribution in [0.15, 0.2) is 82.3 Å². The molecule has 2 aromatic carbocycles. The average Bonchev–Trinajstić information content (AvgIpc) is 3.30. The van der Waals surface area contributed by atoms with Crippen LogP contribution in [0.25, 0.3) is 0 Å². The SMILES string of the molecule is CC1=NN(c2cccc(Cl)c2)C(=O)/C1=C\N1CCN(/C=C2\C(=O)N(c3cccc(Cl)c3)N=C2C)CC1. The van der Waals surface area contributed by atoms with E-state index in [-0.39, 0.29) is 11.8 Å². The molecule has 3 heterocycles. The normalized spacial score (nSPS) is 20.7. The number of hydrazone groups is 2. The number of amides is 2. The maximum Gasteiger partial charge on any atom is 0.282 e. The van der Waals surface area contributed by atoms with Crippen molar-refractivity contribution in [3.8, 4) is 0 Å². The highest BCUT2D eigenvalue weighted by atomic mass is 35.5. The first-order valence-corrected chi connectivity index (χ1v) is 12.3. The summed E-state index contributed by atoms with van der Waals surface area (Å²) in [6.07, 6.45) is 3.76. The summed E-state index contributed by atoms with van der Waals surface area (Å²) in [5, 5.41) is 12.7. The quantitative estimate of drug-likeness (QED) is 0.553. The first-order valence-electron chi connectivity index (χ1n) is 11.5. The molecule has 5 rings (SSSR count). The molecule has 3 aliphatic heterocycles. The second-order valence-corrected chi connectivity index (χ2v) is 9.59. The van der Waals surface area contributed by atoms with E-state index in [0.29, 0.717) is 70.2 Å². The van der Waals surface area contributed by atoms with E-state index in [9.17, 15) is 9.59 Å². The Labute approximate surface area is 219 Å². The summed E-state index contributed by atoms with van der Waals surface area (Å²) in [5.74, 6) is -0.354. The number of halogens is 2. The molecule has 3 aliphatic rings. The number of benzene rings is 2. The molecule has 0 unspecified atom stereocenters. The van der Waals surface area contributed by atoms with Crippen molar-refractivity contribution in [1.29, 1.82) is 0 Å². The predicted molar refractivity (Wildman–Crippen MR) is 143 cm³/mol. The zero-order chi connectivity index (χ0) is 25.4. The third-order valence-electron chi connectivity index (χ3n) is 6.20. The van der Waals surface area contributed by atoms with Crippen LogP contribution in [0.3, 0.4) is 0 Å². The van der Waals surface area contributed by atoms with Crippen LogP contribution in [-0.2, 0) is 9.59 Å². The van der Waals surface area contributed by atoms with Gasteiger partial charge in [0.05, 0.1) is 33.9 Å². The van der Waals surface area contributed by atoms with Gasteiger partial charge in [0, 0.05) is 48.6 Å². The van der Waals surface area contributed by atoms with E-state index in [1.807, 2.05) is 26.2 Å². The highest BCUT2D eigenvalue weighted by molar-refractivity contribution is 6.33. The van der Waals surface area contributed by atoms with Crippen LogP contribution >= 0.6 is 23.2 Å². The molecule has 2 amide bonds. The summed E-state index contributed by atoms with van der Waals surface area (Å²) in [6, 6.07) is 14.1. The molecule has 1 fully saturated rings. The Morgan fingerprint density at radius 3 is 1.44 bits per heavy atom. The van der Waals surface area contributed by atoms with Crippen molar-refractivity contribution >= 4 is 57.8 Å². The van der Waals surface area contributed by atoms with Crippen molar-refractivity contribution in [3.05, 3.63) is 82.1 Å². The number of piperazine rings is 1. The molecule has 0 atom stereocenters. The van der Waals surface area contributed by atoms with E-state index in [4.69, 9.17) is 23.2 Å². The minimum absolute atomic E-state index is 0.177. The van der Waals surface area contributed by atoms with E-state index in [1.54, 1.807) is 48.5 Å². The zero-order valence-corrected chi connectivity index (χ0v) is 21.4. The Balaban J connectivity index is 1.24. The lowest BCUT2D eigenvalue weighted by atomic mass is 10.1. The molecule has 0 spiro atoms. The lowest BCUT2D eigenvalue weighted by Crippen LogP contribution is -2.42. The minimum Gasteiger partial charge on any atom is -0.373 e. The van der Waals surface area contributed by atoms with Gasteiger partial charge in [0.2, 0.25) is 0 Å². The molecule has 0 N–H and O–H groups in total. The van der Waals surface area contributed by atoms with Gasteiger partial charge < -0.3 is 9.80 Å². The van der Waals surface area contributed by atoms with Crippen molar-refractivity contribution in [2.45, 2.75) is 13.8 Å². The Hall–Kier alpha value is -3.62. The van der Waals surface area contributed by atoms with Gasteiger partial charge in [-0.25, -0.2) is 0 Å². The van der Waals surface area contributed by atoms with Crippen LogP contribution in [0.4, 0.5) is 11.4 Å². The molecule has 0 aromatic heterocycles. The number of anilines is 2. The Morgan fingerprint density at radius 1 is 0.694 bits per heavy atom. The van der Waals surface area contributed by atoms with E-state index in [2.05, 4.69) is 20.0 Å². The second-order valence-electron chi connectivity index (χ2n) is 8.72. The van der Waals surface area contributed by atoms with Gasteiger partial charge in [-0.15, -0.1) is 0 Å². The molecule has 2 aromatic rings. The molecular weight excluding hydrogens is 499 g/mol. The van der Waals surface area contributed by atoms with Crippen LogP contribution in [0.2, 0.25) is 10.0 Å². The maximum atomic E-state index is 13.0. The standard InChI is InChI=1S/C26H24Cl2N6O2/c1-17-23(25(35)33(29-17)21-7-3-5-19(27)13-21)15-31-9-11-32(12-10-31)16-24-18(2)30-34(26(24)36)22-8-4-6-20(28)14-22/h3-8,13-16H,9-12H2,1-2H3/b23-15-,24-16-. The monoisotopic (exact) mass is 522 g/mol. The fourth-order valence-corrected chi connectivity index (χ4v) is 4.63. The predicted octanol–water partition coefficient (Wildman–Crippen LogP) is 4.52. The van der Waals surface area contributed by atoms with Gasteiger partial charge >= 0.3 is 0 Å². The fraction of sp³-hybridized carbons (Fsp3) is 0.231. The third kappa shape index (κ3) is 4.74. The zero-order valence-electron chi connectivity index (χ0n) is 19.9. The van der Waals surface area contributed by atoms with E-state index in [1.165, 1.54) is 10.0 Å². The van der Waals surface area contributed by atoms with Crippen LogP contribution in [0, 0.1) is 0 Å². The van der Waals surface area contributed by atoms with Gasteiger partial charge in [0.1, 0.15) is 0 Å². The topological polar surface area (TPSA) is 71.8 Å². The number of nitrogens with zero attached hydrogens (tertiary/aromatic N) is 6. The van der Waals surface area contributed by atoms with Gasteiger partial charge in [-0.2, -0.15) is 20.2 Å². The first-order chi connectivity index (χ1) is 17.3. The number of carbonyl (C=O) groups excluding carboxylic acids is 2. The summed E-state index contributed by atoms with van der Waals surface area (Å²) in [6.45, 7) is 6.46. The van der Waals surface area contributed by atoms with E-state index in [0.717, 1.165) is 0 Å². The average molecular weight is 523 g/mol. The molecule has 0 radical (unpaired) electrons. The first kappa shape index (κ1) is 24.1. The number of hydrogen-bond donors (Lipinski definition) is 0. The lowest BCUT2D eigenvalue weighted by Gasteiger charge is -2.34. The number of carbonyl (C=O) groups is 2. The van der Waals surface area contributed by atoms with Gasteiger partial charge in [-0.3, -0.25) is 9.59 Å². The van der Waals surface area contributed by atoms with Gasteiger partial charge in [-0.1, -0.05) is 35.3 Å². The molecule has 0 aliphatic carbocycles. The van der Waals surface area contributed by atoms with Crippen LogP contribution in [0.1, 0.15) is 13.8 Å². The van der Waals surface area contributed by atoms with Crippen LogP contribution in [0.5, 0.6) is 0 Å². The minimum atomic E-state index is -0.177. The molecule has 184 valence electrons. The highest BCUT2D eigenvalue weighted by Crippen LogP contribution is 2.28. The van der Waals surface area contributed by atoms with Crippen LogP contribution in [-0.4, -0.2) is 59.2 Å². The number of rotatable bonds is 4. The molecule has 0 saturated carbocycles. The number of hydrogen-bond acceptors (Lipinski definition) is 6. The van der Waals surface area contributed by atoms with Gasteiger partial charge in [-0.05, 0) is 50.2 Å². The Kier molecular flexibility index (Phi) is 6.55. The van der Waals surface area contributed by atoms with Crippen molar-refractivity contribution < 1.29 is 9.59 Å². The largest absolute Gasteiger partial charge is 0.373 e. The summed E-state index contributed by atoms with van der Waals surface area (Å²) < 4.78 is 0. The molecule has 36 heavy (non-hydrogen) atoms.